The lowest BCUT2D eigenvalue weighted by molar-refractivity contribution is -0.211. The lowest BCUT2D eigenvalue weighted by Crippen LogP contribution is -2.62. The zero-order valence-electron chi connectivity index (χ0n) is 29.1. The molecular weight excluding hydrogens is 620 g/mol. The van der Waals surface area contributed by atoms with Gasteiger partial charge in [-0.15, -0.1) is 0 Å². The van der Waals surface area contributed by atoms with Crippen LogP contribution in [0, 0.1) is 28.6 Å². The predicted octanol–water partition coefficient (Wildman–Crippen LogP) is 2.96. The summed E-state index contributed by atoms with van der Waals surface area (Å²) in [5, 5.41) is 23.8. The van der Waals surface area contributed by atoms with Crippen LogP contribution in [0.4, 0.5) is 0 Å². The molecule has 5 aliphatic rings. The maximum absolute atomic E-state index is 13.7. The molecule has 0 bridgehead atoms. The molecule has 0 aromatic rings. The zero-order valence-corrected chi connectivity index (χ0v) is 29.1. The number of carbonyl (C=O) groups excluding carboxylic acids is 6. The first-order valence-electron chi connectivity index (χ1n) is 17.1. The second-order valence-electron chi connectivity index (χ2n) is 13.3. The zero-order chi connectivity index (χ0) is 35.9. The van der Waals surface area contributed by atoms with E-state index in [-0.39, 0.29) is 49.3 Å². The minimum absolute atomic E-state index is 0.0136. The molecule has 3 fully saturated rings. The van der Waals surface area contributed by atoms with Gasteiger partial charge in [-0.05, 0) is 56.1 Å². The Bertz CT molecular complexity index is 1340. The molecule has 0 saturated heterocycles. The van der Waals surface area contributed by atoms with Crippen LogP contribution in [0.5, 0.6) is 0 Å². The van der Waals surface area contributed by atoms with Crippen molar-refractivity contribution in [1.82, 2.24) is 10.2 Å². The molecule has 1 heterocycles. The van der Waals surface area contributed by atoms with Crippen LogP contribution >= 0.6 is 0 Å². The highest BCUT2D eigenvalue weighted by Gasteiger charge is 2.69. The number of nitrogens with zero attached hydrogens (tertiary/aromatic N) is 1. The van der Waals surface area contributed by atoms with Gasteiger partial charge in [0.1, 0.15) is 18.9 Å². The molecule has 0 aromatic carbocycles. The number of fused-ring (bicyclic) bond motifs is 5. The second-order valence-corrected chi connectivity index (χ2v) is 13.3. The Morgan fingerprint density at radius 1 is 1.04 bits per heavy atom. The highest BCUT2D eigenvalue weighted by atomic mass is 16.6. The Morgan fingerprint density at radius 2 is 1.69 bits per heavy atom. The van der Waals surface area contributed by atoms with Crippen molar-refractivity contribution in [3.8, 4) is 0 Å². The first-order chi connectivity index (χ1) is 22.8. The van der Waals surface area contributed by atoms with Gasteiger partial charge in [0, 0.05) is 41.9 Å². The molecule has 3 saturated carbocycles. The second kappa shape index (κ2) is 16.3. The number of aliphatic hydroxyl groups excluding tert-OH is 2. The van der Waals surface area contributed by atoms with Crippen LogP contribution in [-0.2, 0) is 38.2 Å². The van der Waals surface area contributed by atoms with Gasteiger partial charge in [-0.3, -0.25) is 33.7 Å². The molecule has 12 heteroatoms. The number of amides is 3. The van der Waals surface area contributed by atoms with Crippen LogP contribution < -0.4 is 5.32 Å². The number of nitrogens with one attached hydrogen (secondary N) is 1. The largest absolute Gasteiger partial charge is 0.456 e. The summed E-state index contributed by atoms with van der Waals surface area (Å²) in [7, 11) is 0. The van der Waals surface area contributed by atoms with E-state index in [4.69, 9.17) is 9.47 Å². The summed E-state index contributed by atoms with van der Waals surface area (Å²) in [5.41, 5.74) is -1.79. The van der Waals surface area contributed by atoms with E-state index in [1.54, 1.807) is 12.2 Å². The number of rotatable bonds is 10. The molecule has 7 atom stereocenters. The Morgan fingerprint density at radius 3 is 2.31 bits per heavy atom. The Labute approximate surface area is 283 Å². The van der Waals surface area contributed by atoms with E-state index in [0.29, 0.717) is 12.8 Å². The number of allylic oxidation sites excluding steroid dienone is 4. The van der Waals surface area contributed by atoms with Gasteiger partial charge in [0.25, 0.3) is 11.8 Å². The average Bonchev–Trinajstić information content (AvgIpc) is 3.53. The van der Waals surface area contributed by atoms with Crippen LogP contribution in [0.25, 0.3) is 0 Å². The number of carbonyl (C=O) groups is 6. The average molecular weight is 673 g/mol. The van der Waals surface area contributed by atoms with Crippen LogP contribution in [0.15, 0.2) is 36.0 Å². The molecule has 3 amide bonds. The van der Waals surface area contributed by atoms with Crippen molar-refractivity contribution in [2.45, 2.75) is 98.2 Å². The molecule has 7 unspecified atom stereocenters. The molecule has 48 heavy (non-hydrogen) atoms. The Kier molecular flexibility index (Phi) is 13.2. The molecular formula is C36H52N2O10. The normalized spacial score (nSPS) is 32.9. The van der Waals surface area contributed by atoms with Crippen molar-refractivity contribution in [1.29, 1.82) is 0 Å². The molecule has 5 rings (SSSR count). The lowest BCUT2D eigenvalue weighted by Gasteiger charge is -2.60. The Balaban J connectivity index is 0.00000118. The Hall–Kier alpha value is -3.48. The van der Waals surface area contributed by atoms with E-state index >= 15 is 0 Å². The van der Waals surface area contributed by atoms with Gasteiger partial charge < -0.3 is 25.0 Å². The molecule has 0 aromatic heterocycles. The lowest BCUT2D eigenvalue weighted by atomic mass is 9.46. The number of aliphatic hydroxyl groups is 2. The van der Waals surface area contributed by atoms with Crippen LogP contribution in [-0.4, -0.2) is 88.6 Å². The number of hydrogen-bond acceptors (Lipinski definition) is 10. The third-order valence-corrected chi connectivity index (χ3v) is 10.6. The number of Topliss-reactive ketones (excluding diaryl/α,β-unsaturated/α-hetero) is 1. The predicted molar refractivity (Wildman–Crippen MR) is 176 cm³/mol. The summed E-state index contributed by atoms with van der Waals surface area (Å²) < 4.78 is 11.0. The monoisotopic (exact) mass is 672 g/mol. The third-order valence-electron chi connectivity index (χ3n) is 10.6. The number of imide groups is 1. The smallest absolute Gasteiger partial charge is 0.325 e. The standard InChI is InChI=1S/C31H38N2O10.C3H8.C2H6/c1-29-10-7-19(35)13-18(29)3-4-20-21-8-11-31(43-17-34,30(21,2)14-22(36)28(20)29)23(37)16-42-27(41)15-32-24(38)9-12-33-25(39)5-6-26(33)40;1-3-2;1-2/h5-7,10,13,20-22,28,34,36H,3-4,8-9,11-12,14-17H2,1-2H3,(H,32,38);3H2,1-2H3;1-2H3. The first-order valence-corrected chi connectivity index (χ1v) is 17.1. The van der Waals surface area contributed by atoms with Gasteiger partial charge in [-0.25, -0.2) is 0 Å². The maximum atomic E-state index is 13.7. The van der Waals surface area contributed by atoms with E-state index in [1.165, 1.54) is 6.42 Å². The van der Waals surface area contributed by atoms with Gasteiger partial charge in [0.15, 0.2) is 12.4 Å². The van der Waals surface area contributed by atoms with Crippen molar-refractivity contribution in [3.05, 3.63) is 36.0 Å². The molecule has 266 valence electrons. The fourth-order valence-electron chi connectivity index (χ4n) is 8.64. The summed E-state index contributed by atoms with van der Waals surface area (Å²) in [6.45, 7) is 10.2. The maximum Gasteiger partial charge on any atom is 0.325 e. The minimum atomic E-state index is -1.49. The van der Waals surface area contributed by atoms with Gasteiger partial charge in [0.2, 0.25) is 11.7 Å². The minimum Gasteiger partial charge on any atom is -0.456 e. The molecule has 4 aliphatic carbocycles. The van der Waals surface area contributed by atoms with E-state index < -0.39 is 72.0 Å². The van der Waals surface area contributed by atoms with Crippen LogP contribution in [0.1, 0.15) is 86.5 Å². The third kappa shape index (κ3) is 7.40. The molecule has 0 radical (unpaired) electrons. The summed E-state index contributed by atoms with van der Waals surface area (Å²) >= 11 is 0. The molecule has 0 spiro atoms. The summed E-state index contributed by atoms with van der Waals surface area (Å²) in [6.07, 6.45) is 10.2. The topological polar surface area (TPSA) is 177 Å². The van der Waals surface area contributed by atoms with E-state index in [2.05, 4.69) is 26.1 Å². The summed E-state index contributed by atoms with van der Waals surface area (Å²) in [6, 6.07) is 0. The summed E-state index contributed by atoms with van der Waals surface area (Å²) in [5.74, 6) is -3.16. The van der Waals surface area contributed by atoms with Gasteiger partial charge >= 0.3 is 5.97 Å². The van der Waals surface area contributed by atoms with Crippen molar-refractivity contribution < 1.29 is 48.5 Å². The van der Waals surface area contributed by atoms with Crippen molar-refractivity contribution in [3.63, 3.8) is 0 Å². The first kappa shape index (κ1) is 39.0. The van der Waals surface area contributed by atoms with E-state index in [9.17, 15) is 39.0 Å². The fourth-order valence-corrected chi connectivity index (χ4v) is 8.64. The SMILES string of the molecule is CC.CC12C=CC(=O)C=C1CCC1C2C(O)CC2(C)C1CCC2(OCO)C(=O)COC(=O)CNC(=O)CCN1C(=O)C=CC1=O.CCC. The van der Waals surface area contributed by atoms with E-state index in [1.807, 2.05) is 26.8 Å². The molecule has 3 N–H and O–H groups in total. The number of hydrogen-bond donors (Lipinski definition) is 3. The van der Waals surface area contributed by atoms with Crippen LogP contribution in [0.3, 0.4) is 0 Å². The number of esters is 1. The molecule has 1 aliphatic heterocycles. The van der Waals surface area contributed by atoms with Gasteiger partial charge in [0.05, 0.1) is 6.10 Å². The van der Waals surface area contributed by atoms with Crippen molar-refractivity contribution in [2.75, 3.05) is 26.5 Å². The quantitative estimate of drug-likeness (QED) is 0.178. The van der Waals surface area contributed by atoms with E-state index in [0.717, 1.165) is 29.0 Å². The summed E-state index contributed by atoms with van der Waals surface area (Å²) in [4.78, 5) is 74.4. The fraction of sp³-hybridized carbons (Fsp3) is 0.667. The van der Waals surface area contributed by atoms with Crippen LogP contribution in [0.2, 0.25) is 0 Å². The van der Waals surface area contributed by atoms with Gasteiger partial charge in [-0.2, -0.15) is 0 Å². The number of ether oxygens (including phenoxy) is 2. The van der Waals surface area contributed by atoms with Gasteiger partial charge in [-0.1, -0.05) is 59.6 Å². The van der Waals surface area contributed by atoms with Crippen molar-refractivity contribution in [2.24, 2.45) is 28.6 Å². The van der Waals surface area contributed by atoms with Crippen molar-refractivity contribution >= 4 is 35.3 Å². The highest BCUT2D eigenvalue weighted by molar-refractivity contribution is 6.13. The molecule has 12 nitrogen and oxygen atoms in total. The number of ketones is 2. The highest BCUT2D eigenvalue weighted by Crippen LogP contribution is 2.67.